The fourth-order valence-corrected chi connectivity index (χ4v) is 4.32. The van der Waals surface area contributed by atoms with Gasteiger partial charge in [0.25, 0.3) is 0 Å². The van der Waals surface area contributed by atoms with Crippen molar-refractivity contribution >= 4 is 33.7 Å². The third-order valence-corrected chi connectivity index (χ3v) is 6.40. The minimum atomic E-state index is -3.54. The molecule has 0 aromatic heterocycles. The molecule has 8 nitrogen and oxygen atoms in total. The number of amides is 3. The van der Waals surface area contributed by atoms with Crippen LogP contribution in [0.2, 0.25) is 0 Å². The van der Waals surface area contributed by atoms with Crippen LogP contribution in [0.4, 0.5) is 10.5 Å². The molecule has 0 saturated carbocycles. The lowest BCUT2D eigenvalue weighted by Gasteiger charge is -2.33. The van der Waals surface area contributed by atoms with E-state index < -0.39 is 10.0 Å². The monoisotopic (exact) mass is 442 g/mol. The Hall–Kier alpha value is -3.17. The maximum Gasteiger partial charge on any atom is 0.319 e. The van der Waals surface area contributed by atoms with E-state index in [1.54, 1.807) is 23.1 Å². The third kappa shape index (κ3) is 6.94. The second-order valence-corrected chi connectivity index (χ2v) is 8.85. The SMILES string of the molecule is O=C(NCCC(=O)N1CCN(S(=O)(=O)/C=C/c2ccccc2)CC1)Nc1ccccc1. The largest absolute Gasteiger partial charge is 0.340 e. The fourth-order valence-electron chi connectivity index (χ4n) is 3.14. The molecule has 3 amide bonds. The number of benzene rings is 2. The van der Waals surface area contributed by atoms with E-state index in [2.05, 4.69) is 10.6 Å². The summed E-state index contributed by atoms with van der Waals surface area (Å²) in [7, 11) is -3.54. The molecule has 1 fully saturated rings. The molecule has 164 valence electrons. The van der Waals surface area contributed by atoms with Crippen molar-refractivity contribution in [1.82, 2.24) is 14.5 Å². The van der Waals surface area contributed by atoms with Crippen LogP contribution in [0.15, 0.2) is 66.1 Å². The van der Waals surface area contributed by atoms with Crippen molar-refractivity contribution in [2.24, 2.45) is 0 Å². The van der Waals surface area contributed by atoms with E-state index >= 15 is 0 Å². The summed E-state index contributed by atoms with van der Waals surface area (Å²) in [6, 6.07) is 17.9. The predicted octanol–water partition coefficient (Wildman–Crippen LogP) is 2.34. The molecule has 0 bridgehead atoms. The first kappa shape index (κ1) is 22.5. The van der Waals surface area contributed by atoms with E-state index in [-0.39, 0.29) is 38.0 Å². The average Bonchev–Trinajstić information content (AvgIpc) is 2.79. The highest BCUT2D eigenvalue weighted by Gasteiger charge is 2.27. The molecule has 1 aliphatic heterocycles. The number of urea groups is 1. The summed E-state index contributed by atoms with van der Waals surface area (Å²) in [5.74, 6) is -0.114. The molecule has 31 heavy (non-hydrogen) atoms. The van der Waals surface area contributed by atoms with E-state index in [0.29, 0.717) is 18.8 Å². The summed E-state index contributed by atoms with van der Waals surface area (Å²) >= 11 is 0. The zero-order chi connectivity index (χ0) is 22.1. The van der Waals surface area contributed by atoms with E-state index in [1.807, 2.05) is 48.5 Å². The maximum atomic E-state index is 12.5. The zero-order valence-corrected chi connectivity index (χ0v) is 17.9. The van der Waals surface area contributed by atoms with Crippen molar-refractivity contribution in [3.63, 3.8) is 0 Å². The van der Waals surface area contributed by atoms with Gasteiger partial charge in [0.15, 0.2) is 0 Å². The molecule has 1 saturated heterocycles. The minimum Gasteiger partial charge on any atom is -0.340 e. The number of hydrogen-bond acceptors (Lipinski definition) is 4. The molecule has 2 aromatic carbocycles. The summed E-state index contributed by atoms with van der Waals surface area (Å²) in [4.78, 5) is 25.9. The number of rotatable bonds is 7. The second kappa shape index (κ2) is 10.7. The Morgan fingerprint density at radius 2 is 1.52 bits per heavy atom. The fraction of sp³-hybridized carbons (Fsp3) is 0.273. The van der Waals surface area contributed by atoms with Gasteiger partial charge in [0.2, 0.25) is 15.9 Å². The van der Waals surface area contributed by atoms with Crippen molar-refractivity contribution in [3.8, 4) is 0 Å². The van der Waals surface area contributed by atoms with Crippen LogP contribution in [0.1, 0.15) is 12.0 Å². The number of anilines is 1. The molecule has 1 aliphatic rings. The normalized spacial score (nSPS) is 15.0. The van der Waals surface area contributed by atoms with Crippen molar-refractivity contribution in [1.29, 1.82) is 0 Å². The Morgan fingerprint density at radius 3 is 2.16 bits per heavy atom. The molecule has 0 spiro atoms. The summed E-state index contributed by atoms with van der Waals surface area (Å²) in [5, 5.41) is 6.54. The number of para-hydroxylation sites is 1. The number of carbonyl (C=O) groups is 2. The smallest absolute Gasteiger partial charge is 0.319 e. The number of piperazine rings is 1. The van der Waals surface area contributed by atoms with E-state index in [0.717, 1.165) is 5.56 Å². The highest BCUT2D eigenvalue weighted by Crippen LogP contribution is 2.12. The minimum absolute atomic E-state index is 0.114. The van der Waals surface area contributed by atoms with Crippen LogP contribution in [-0.2, 0) is 14.8 Å². The average molecular weight is 443 g/mol. The lowest BCUT2D eigenvalue weighted by molar-refractivity contribution is -0.132. The number of carbonyl (C=O) groups excluding carboxylic acids is 2. The molecule has 0 atom stereocenters. The lowest BCUT2D eigenvalue weighted by atomic mass is 10.2. The first-order chi connectivity index (χ1) is 14.9. The molecule has 2 N–H and O–H groups in total. The van der Waals surface area contributed by atoms with Gasteiger partial charge in [0.1, 0.15) is 0 Å². The molecule has 2 aromatic rings. The molecule has 0 radical (unpaired) electrons. The number of nitrogens with zero attached hydrogens (tertiary/aromatic N) is 2. The van der Waals surface area contributed by atoms with Gasteiger partial charge in [-0.15, -0.1) is 0 Å². The van der Waals surface area contributed by atoms with E-state index in [1.165, 1.54) is 9.71 Å². The van der Waals surface area contributed by atoms with Crippen LogP contribution in [0.5, 0.6) is 0 Å². The van der Waals surface area contributed by atoms with Crippen molar-refractivity contribution in [2.75, 3.05) is 38.0 Å². The van der Waals surface area contributed by atoms with Crippen molar-refractivity contribution in [2.45, 2.75) is 6.42 Å². The van der Waals surface area contributed by atoms with Crippen LogP contribution in [0.25, 0.3) is 6.08 Å². The van der Waals surface area contributed by atoms with Crippen molar-refractivity contribution < 1.29 is 18.0 Å². The Bertz CT molecular complexity index is 1000. The quantitative estimate of drug-likeness (QED) is 0.688. The first-order valence-corrected chi connectivity index (χ1v) is 11.6. The molecular formula is C22H26N4O4S. The number of hydrogen-bond donors (Lipinski definition) is 2. The summed E-state index contributed by atoms with van der Waals surface area (Å²) in [5.41, 5.74) is 1.48. The van der Waals surface area contributed by atoms with Gasteiger partial charge in [-0.2, -0.15) is 4.31 Å². The van der Waals surface area contributed by atoms with Gasteiger partial charge in [-0.3, -0.25) is 4.79 Å². The Kier molecular flexibility index (Phi) is 7.80. The summed E-state index contributed by atoms with van der Waals surface area (Å²) in [6.45, 7) is 1.35. The Balaban J connectivity index is 1.40. The van der Waals surface area contributed by atoms with Gasteiger partial charge < -0.3 is 15.5 Å². The zero-order valence-electron chi connectivity index (χ0n) is 17.1. The predicted molar refractivity (Wildman–Crippen MR) is 121 cm³/mol. The number of sulfonamides is 1. The van der Waals surface area contributed by atoms with E-state index in [4.69, 9.17) is 0 Å². The molecule has 1 heterocycles. The van der Waals surface area contributed by atoms with Gasteiger partial charge in [-0.1, -0.05) is 48.5 Å². The highest BCUT2D eigenvalue weighted by atomic mass is 32.2. The van der Waals surface area contributed by atoms with Gasteiger partial charge >= 0.3 is 6.03 Å². The molecular weight excluding hydrogens is 416 g/mol. The van der Waals surface area contributed by atoms with Gasteiger partial charge in [0, 0.05) is 50.2 Å². The number of nitrogens with one attached hydrogen (secondary N) is 2. The summed E-state index contributed by atoms with van der Waals surface area (Å²) in [6.07, 6.45) is 1.72. The highest BCUT2D eigenvalue weighted by molar-refractivity contribution is 7.92. The molecule has 3 rings (SSSR count). The van der Waals surface area contributed by atoms with E-state index in [9.17, 15) is 18.0 Å². The topological polar surface area (TPSA) is 98.8 Å². The Morgan fingerprint density at radius 1 is 0.903 bits per heavy atom. The third-order valence-electron chi connectivity index (χ3n) is 4.84. The second-order valence-electron chi connectivity index (χ2n) is 7.04. The van der Waals surface area contributed by atoms with Crippen LogP contribution < -0.4 is 10.6 Å². The molecule has 9 heteroatoms. The summed E-state index contributed by atoms with van der Waals surface area (Å²) < 4.78 is 26.4. The van der Waals surface area contributed by atoms with Crippen molar-refractivity contribution in [3.05, 3.63) is 71.6 Å². The lowest BCUT2D eigenvalue weighted by Crippen LogP contribution is -2.50. The van der Waals surface area contributed by atoms with Crippen LogP contribution >= 0.6 is 0 Å². The molecule has 0 aliphatic carbocycles. The first-order valence-electron chi connectivity index (χ1n) is 10.0. The van der Waals surface area contributed by atoms with Gasteiger partial charge in [-0.05, 0) is 23.8 Å². The molecule has 0 unspecified atom stereocenters. The van der Waals surface area contributed by atoms with Gasteiger partial charge in [0.05, 0.1) is 0 Å². The Labute approximate surface area is 182 Å². The van der Waals surface area contributed by atoms with Gasteiger partial charge in [-0.25, -0.2) is 13.2 Å². The standard InChI is InChI=1S/C22H26N4O4S/c27-21(11-13-23-22(28)24-20-9-5-2-6-10-20)25-14-16-26(17-15-25)31(29,30)18-12-19-7-3-1-4-8-19/h1-10,12,18H,11,13-17H2,(H2,23,24,28)/b18-12+. The van der Waals surface area contributed by atoms with Crippen LogP contribution in [0, 0.1) is 0 Å². The van der Waals surface area contributed by atoms with Crippen LogP contribution in [-0.4, -0.2) is 62.3 Å². The maximum absolute atomic E-state index is 12.5. The van der Waals surface area contributed by atoms with Crippen LogP contribution in [0.3, 0.4) is 0 Å².